The molecule has 0 aromatic carbocycles. The summed E-state index contributed by atoms with van der Waals surface area (Å²) in [6, 6.07) is 0.403. The molecule has 0 saturated carbocycles. The Morgan fingerprint density at radius 3 is 2.50 bits per heavy atom. The number of aliphatic hydroxyl groups excluding tert-OH is 1. The molecule has 1 atom stereocenters. The van der Waals surface area contributed by atoms with E-state index in [1.807, 2.05) is 0 Å². The van der Waals surface area contributed by atoms with E-state index < -0.39 is 0 Å². The van der Waals surface area contributed by atoms with E-state index in [0.717, 1.165) is 13.0 Å². The Bertz CT molecular complexity index is 81.1. The summed E-state index contributed by atoms with van der Waals surface area (Å²) < 4.78 is 0. The van der Waals surface area contributed by atoms with Crippen molar-refractivity contribution in [2.45, 2.75) is 18.9 Å². The average Bonchev–Trinajstić information content (AvgIpc) is 2.39. The summed E-state index contributed by atoms with van der Waals surface area (Å²) in [5.74, 6) is 0. The third-order valence-corrected chi connectivity index (χ3v) is 1.38. The van der Waals surface area contributed by atoms with E-state index in [9.17, 15) is 0 Å². The first-order valence-electron chi connectivity index (χ1n) is 3.27. The Labute approximate surface area is 59.9 Å². The lowest BCUT2D eigenvalue weighted by Gasteiger charge is -2.01. The zero-order valence-corrected chi connectivity index (χ0v) is 5.79. The summed E-state index contributed by atoms with van der Waals surface area (Å²) in [5, 5.41) is 18.5. The number of aliphatic hydroxyl groups is 1. The van der Waals surface area contributed by atoms with Gasteiger partial charge >= 0.3 is 0 Å². The van der Waals surface area contributed by atoms with Crippen molar-refractivity contribution in [2.75, 3.05) is 13.2 Å². The third-order valence-electron chi connectivity index (χ3n) is 1.38. The van der Waals surface area contributed by atoms with Gasteiger partial charge in [0.1, 0.15) is 0 Å². The second-order valence-corrected chi connectivity index (χ2v) is 2.08. The van der Waals surface area contributed by atoms with Crippen LogP contribution in [0.25, 0.3) is 0 Å². The Morgan fingerprint density at radius 1 is 1.70 bits per heavy atom. The molecule has 0 aliphatic carbocycles. The van der Waals surface area contributed by atoms with Crippen LogP contribution >= 0.6 is 0 Å². The number of hydrogen-bond donors (Lipinski definition) is 3. The van der Waals surface area contributed by atoms with Crippen molar-refractivity contribution in [2.24, 2.45) is 0 Å². The summed E-state index contributed by atoms with van der Waals surface area (Å²) in [7, 11) is 0. The monoisotopic (exact) mass is 147 g/mol. The molecule has 1 rings (SSSR count). The van der Waals surface area contributed by atoms with Gasteiger partial charge < -0.3 is 15.5 Å². The van der Waals surface area contributed by atoms with E-state index in [-0.39, 0.29) is 6.47 Å². The lowest BCUT2D eigenvalue weighted by atomic mass is 10.2. The smallest absolute Gasteiger partial charge is 0.290 e. The fourth-order valence-corrected chi connectivity index (χ4v) is 0.913. The van der Waals surface area contributed by atoms with E-state index >= 15 is 0 Å². The molecule has 4 heteroatoms. The molecule has 1 fully saturated rings. The molecule has 3 N–H and O–H groups in total. The molecular weight excluding hydrogens is 134 g/mol. The molecule has 0 aromatic rings. The van der Waals surface area contributed by atoms with E-state index in [1.54, 1.807) is 0 Å². The van der Waals surface area contributed by atoms with Gasteiger partial charge in [-0.05, 0) is 19.4 Å². The minimum Gasteiger partial charge on any atom is -0.483 e. The van der Waals surface area contributed by atoms with E-state index in [0.29, 0.717) is 12.6 Å². The highest BCUT2D eigenvalue weighted by atomic mass is 16.3. The van der Waals surface area contributed by atoms with E-state index in [2.05, 4.69) is 5.32 Å². The molecule has 0 radical (unpaired) electrons. The van der Waals surface area contributed by atoms with Crippen LogP contribution in [0.1, 0.15) is 12.8 Å². The topological polar surface area (TPSA) is 69.6 Å². The number of hydrogen-bond acceptors (Lipinski definition) is 3. The Morgan fingerprint density at radius 2 is 2.30 bits per heavy atom. The van der Waals surface area contributed by atoms with Crippen molar-refractivity contribution in [3.05, 3.63) is 0 Å². The molecule has 1 unspecified atom stereocenters. The molecular formula is C6H13NO3. The maximum absolute atomic E-state index is 8.50. The molecule has 0 spiro atoms. The first-order valence-corrected chi connectivity index (χ1v) is 3.27. The van der Waals surface area contributed by atoms with Crippen molar-refractivity contribution in [1.82, 2.24) is 5.32 Å². The predicted octanol–water partition coefficient (Wildman–Crippen LogP) is -0.569. The summed E-state index contributed by atoms with van der Waals surface area (Å²) in [5.41, 5.74) is 0. The molecule has 10 heavy (non-hydrogen) atoms. The van der Waals surface area contributed by atoms with Crippen molar-refractivity contribution in [1.29, 1.82) is 0 Å². The Kier molecular flexibility index (Phi) is 6.11. The van der Waals surface area contributed by atoms with E-state index in [1.165, 1.54) is 6.42 Å². The first-order chi connectivity index (χ1) is 4.85. The molecule has 0 aromatic heterocycles. The number of carboxylic acid groups (broad SMARTS) is 1. The largest absolute Gasteiger partial charge is 0.483 e. The van der Waals surface area contributed by atoms with Gasteiger partial charge in [-0.25, -0.2) is 0 Å². The van der Waals surface area contributed by atoms with Crippen molar-refractivity contribution in [3.8, 4) is 0 Å². The lowest BCUT2D eigenvalue weighted by molar-refractivity contribution is -0.122. The van der Waals surface area contributed by atoms with Crippen LogP contribution < -0.4 is 5.32 Å². The van der Waals surface area contributed by atoms with Crippen molar-refractivity contribution < 1.29 is 15.0 Å². The lowest BCUT2D eigenvalue weighted by Crippen LogP contribution is -2.24. The summed E-state index contributed by atoms with van der Waals surface area (Å²) >= 11 is 0. The average molecular weight is 147 g/mol. The van der Waals surface area contributed by atoms with E-state index in [4.69, 9.17) is 15.0 Å². The number of rotatable bonds is 1. The molecule has 60 valence electrons. The van der Waals surface area contributed by atoms with Gasteiger partial charge in [0.05, 0.1) is 6.61 Å². The van der Waals surface area contributed by atoms with Gasteiger partial charge in [-0.2, -0.15) is 0 Å². The van der Waals surface area contributed by atoms with Crippen LogP contribution in [0.3, 0.4) is 0 Å². The summed E-state index contributed by atoms with van der Waals surface area (Å²) in [4.78, 5) is 8.36. The second kappa shape index (κ2) is 6.51. The van der Waals surface area contributed by atoms with Gasteiger partial charge in [0.25, 0.3) is 6.47 Å². The van der Waals surface area contributed by atoms with Crippen LogP contribution in [-0.4, -0.2) is 35.9 Å². The quantitative estimate of drug-likeness (QED) is 0.434. The Hall–Kier alpha value is -0.610. The fraction of sp³-hybridized carbons (Fsp3) is 0.833. The number of carbonyl (C=O) groups is 1. The summed E-state index contributed by atoms with van der Waals surface area (Å²) in [6.45, 7) is 1.14. The van der Waals surface area contributed by atoms with Gasteiger partial charge in [0, 0.05) is 6.04 Å². The SMILES string of the molecule is O=CO.OCC1CCCN1. The maximum Gasteiger partial charge on any atom is 0.290 e. The van der Waals surface area contributed by atoms with Gasteiger partial charge in [-0.15, -0.1) is 0 Å². The molecule has 1 saturated heterocycles. The standard InChI is InChI=1S/C5H11NO.CH2O2/c7-4-5-2-1-3-6-5;2-1-3/h5-7H,1-4H2;1H,(H,2,3). The minimum absolute atomic E-state index is 0.250. The predicted molar refractivity (Wildman–Crippen MR) is 36.8 cm³/mol. The zero-order chi connectivity index (χ0) is 7.82. The highest BCUT2D eigenvalue weighted by Gasteiger charge is 2.10. The van der Waals surface area contributed by atoms with Crippen LogP contribution in [0, 0.1) is 0 Å². The van der Waals surface area contributed by atoms with Crippen LogP contribution in [0.2, 0.25) is 0 Å². The molecule has 1 heterocycles. The molecule has 0 bridgehead atoms. The maximum atomic E-state index is 8.50. The zero-order valence-electron chi connectivity index (χ0n) is 5.79. The molecule has 1 aliphatic rings. The van der Waals surface area contributed by atoms with Crippen LogP contribution in [0.5, 0.6) is 0 Å². The normalized spacial score (nSPS) is 23.1. The van der Waals surface area contributed by atoms with Gasteiger partial charge in [-0.1, -0.05) is 0 Å². The van der Waals surface area contributed by atoms with Crippen LogP contribution in [0.4, 0.5) is 0 Å². The number of nitrogens with one attached hydrogen (secondary N) is 1. The van der Waals surface area contributed by atoms with Gasteiger partial charge in [-0.3, -0.25) is 4.79 Å². The fourth-order valence-electron chi connectivity index (χ4n) is 0.913. The molecule has 0 amide bonds. The van der Waals surface area contributed by atoms with Crippen LogP contribution in [-0.2, 0) is 4.79 Å². The highest BCUT2D eigenvalue weighted by molar-refractivity contribution is 5.32. The highest BCUT2D eigenvalue weighted by Crippen LogP contribution is 2.02. The van der Waals surface area contributed by atoms with Crippen LogP contribution in [0.15, 0.2) is 0 Å². The minimum atomic E-state index is -0.250. The van der Waals surface area contributed by atoms with Gasteiger partial charge in [0.15, 0.2) is 0 Å². The second-order valence-electron chi connectivity index (χ2n) is 2.08. The van der Waals surface area contributed by atoms with Crippen molar-refractivity contribution >= 4 is 6.47 Å². The van der Waals surface area contributed by atoms with Crippen molar-refractivity contribution in [3.63, 3.8) is 0 Å². The molecule has 1 aliphatic heterocycles. The third kappa shape index (κ3) is 4.29. The molecule has 4 nitrogen and oxygen atoms in total. The first kappa shape index (κ1) is 9.39. The Balaban J connectivity index is 0.000000236. The summed E-state index contributed by atoms with van der Waals surface area (Å²) in [6.07, 6.45) is 2.38. The van der Waals surface area contributed by atoms with Gasteiger partial charge in [0.2, 0.25) is 0 Å².